The van der Waals surface area contributed by atoms with Crippen molar-refractivity contribution in [1.29, 1.82) is 0 Å². The molecule has 1 aromatic carbocycles. The molecule has 0 aromatic heterocycles. The average Bonchev–Trinajstić information content (AvgIpc) is 2.99. The van der Waals surface area contributed by atoms with Gasteiger partial charge in [-0.1, -0.05) is 31.0 Å². The van der Waals surface area contributed by atoms with E-state index in [1.54, 1.807) is 6.07 Å². The van der Waals surface area contributed by atoms with Crippen LogP contribution in [0.15, 0.2) is 29.3 Å². The topological polar surface area (TPSA) is 73.8 Å². The lowest BCUT2D eigenvalue weighted by Crippen LogP contribution is -2.40. The van der Waals surface area contributed by atoms with Crippen molar-refractivity contribution in [3.8, 4) is 0 Å². The van der Waals surface area contributed by atoms with Crippen LogP contribution in [0, 0.1) is 11.8 Å². The van der Waals surface area contributed by atoms with Crippen LogP contribution in [-0.2, 0) is 16.6 Å². The summed E-state index contributed by atoms with van der Waals surface area (Å²) in [6.07, 6.45) is 6.54. The lowest BCUT2D eigenvalue weighted by Gasteiger charge is -2.22. The number of guanidine groups is 1. The molecule has 2 aliphatic rings. The van der Waals surface area contributed by atoms with Crippen molar-refractivity contribution in [2.75, 3.05) is 31.1 Å². The molecule has 0 amide bonds. The van der Waals surface area contributed by atoms with Gasteiger partial charge in [-0.2, -0.15) is 0 Å². The Bertz CT molecular complexity index is 718. The minimum Gasteiger partial charge on any atom is -0.352 e. The van der Waals surface area contributed by atoms with Crippen molar-refractivity contribution in [1.82, 2.24) is 10.2 Å². The van der Waals surface area contributed by atoms with Gasteiger partial charge in [-0.05, 0) is 36.3 Å². The first-order valence-corrected chi connectivity index (χ1v) is 10.9. The molecule has 2 atom stereocenters. The van der Waals surface area contributed by atoms with Crippen LogP contribution in [0.4, 0.5) is 5.69 Å². The van der Waals surface area contributed by atoms with Gasteiger partial charge in [0.1, 0.15) is 0 Å². The Morgan fingerprint density at radius 2 is 1.84 bits per heavy atom. The third-order valence-electron chi connectivity index (χ3n) is 5.24. The van der Waals surface area contributed by atoms with E-state index in [1.165, 1.54) is 31.9 Å². The van der Waals surface area contributed by atoms with Gasteiger partial charge in [0.15, 0.2) is 5.96 Å². The summed E-state index contributed by atoms with van der Waals surface area (Å²) in [5.74, 6) is 2.50. The number of hydrogen-bond donors (Lipinski definition) is 2. The molecule has 1 saturated carbocycles. The first-order chi connectivity index (χ1) is 12.0. The lowest BCUT2D eigenvalue weighted by molar-refractivity contribution is 0.299. The van der Waals surface area contributed by atoms with E-state index in [9.17, 15) is 8.42 Å². The second kappa shape index (κ2) is 7.64. The van der Waals surface area contributed by atoms with Crippen molar-refractivity contribution in [3.63, 3.8) is 0 Å². The minimum absolute atomic E-state index is 0.539. The van der Waals surface area contributed by atoms with E-state index >= 15 is 0 Å². The fourth-order valence-corrected chi connectivity index (χ4v) is 4.66. The summed E-state index contributed by atoms with van der Waals surface area (Å²) in [6.45, 7) is 2.69. The molecule has 25 heavy (non-hydrogen) atoms. The van der Waals surface area contributed by atoms with Gasteiger partial charge in [0.25, 0.3) is 0 Å². The molecule has 1 saturated heterocycles. The van der Waals surface area contributed by atoms with Crippen LogP contribution in [0.2, 0.25) is 0 Å². The number of sulfonamides is 1. The van der Waals surface area contributed by atoms with Gasteiger partial charge in [0.2, 0.25) is 10.0 Å². The molecule has 0 bridgehead atoms. The van der Waals surface area contributed by atoms with Crippen molar-refractivity contribution >= 4 is 21.7 Å². The highest BCUT2D eigenvalue weighted by molar-refractivity contribution is 7.92. The average molecular weight is 365 g/mol. The SMILES string of the molecule is CN=C(NCc1ccccc1NS(C)(=O)=O)N1CC2CCCCC2C1. The molecule has 6 nitrogen and oxygen atoms in total. The second-order valence-corrected chi connectivity index (χ2v) is 8.89. The number of benzene rings is 1. The van der Waals surface area contributed by atoms with Crippen LogP contribution in [0.3, 0.4) is 0 Å². The maximum Gasteiger partial charge on any atom is 0.229 e. The van der Waals surface area contributed by atoms with Gasteiger partial charge in [0, 0.05) is 26.7 Å². The molecule has 2 fully saturated rings. The predicted octanol–water partition coefficient (Wildman–Crippen LogP) is 2.26. The van der Waals surface area contributed by atoms with Gasteiger partial charge < -0.3 is 10.2 Å². The van der Waals surface area contributed by atoms with Crippen LogP contribution >= 0.6 is 0 Å². The molecule has 2 N–H and O–H groups in total. The van der Waals surface area contributed by atoms with Crippen molar-refractivity contribution < 1.29 is 8.42 Å². The zero-order chi connectivity index (χ0) is 17.9. The molecule has 138 valence electrons. The Hall–Kier alpha value is -1.76. The fraction of sp³-hybridized carbons (Fsp3) is 0.611. The number of para-hydroxylation sites is 1. The number of nitrogens with zero attached hydrogens (tertiary/aromatic N) is 2. The minimum atomic E-state index is -3.29. The lowest BCUT2D eigenvalue weighted by atomic mass is 9.82. The van der Waals surface area contributed by atoms with Crippen LogP contribution < -0.4 is 10.0 Å². The Morgan fingerprint density at radius 1 is 1.20 bits per heavy atom. The summed E-state index contributed by atoms with van der Waals surface area (Å²) in [5, 5.41) is 3.40. The third kappa shape index (κ3) is 4.66. The van der Waals surface area contributed by atoms with E-state index < -0.39 is 10.0 Å². The number of aliphatic imine (C=N–C) groups is 1. The highest BCUT2D eigenvalue weighted by Crippen LogP contribution is 2.35. The summed E-state index contributed by atoms with van der Waals surface area (Å²) < 4.78 is 25.7. The predicted molar refractivity (Wildman–Crippen MR) is 102 cm³/mol. The quantitative estimate of drug-likeness (QED) is 0.635. The molecule has 0 spiro atoms. The van der Waals surface area contributed by atoms with Crippen LogP contribution in [-0.4, -0.2) is 45.7 Å². The highest BCUT2D eigenvalue weighted by atomic mass is 32.2. The van der Waals surface area contributed by atoms with Crippen LogP contribution in [0.25, 0.3) is 0 Å². The molecule has 7 heteroatoms. The van der Waals surface area contributed by atoms with Gasteiger partial charge >= 0.3 is 0 Å². The van der Waals surface area contributed by atoms with E-state index in [4.69, 9.17) is 0 Å². The molecular weight excluding hydrogens is 336 g/mol. The van der Waals surface area contributed by atoms with Gasteiger partial charge in [-0.3, -0.25) is 9.71 Å². The van der Waals surface area contributed by atoms with E-state index in [2.05, 4.69) is 19.9 Å². The number of likely N-dealkylation sites (tertiary alicyclic amines) is 1. The summed E-state index contributed by atoms with van der Waals surface area (Å²) in [5.41, 5.74) is 1.52. The van der Waals surface area contributed by atoms with Crippen molar-refractivity contribution in [3.05, 3.63) is 29.8 Å². The molecule has 0 radical (unpaired) electrons. The van der Waals surface area contributed by atoms with Crippen LogP contribution in [0.5, 0.6) is 0 Å². The fourth-order valence-electron chi connectivity index (χ4n) is 4.06. The Balaban J connectivity index is 1.64. The first kappa shape index (κ1) is 18.0. The maximum atomic E-state index is 11.5. The largest absolute Gasteiger partial charge is 0.352 e. The first-order valence-electron chi connectivity index (χ1n) is 8.97. The standard InChI is InChI=1S/C18H28N4O2S/c1-19-18(22-12-15-8-3-4-9-16(15)13-22)20-11-14-7-5-6-10-17(14)21-25(2,23)24/h5-7,10,15-16,21H,3-4,8-9,11-13H2,1-2H3,(H,19,20). The normalized spacial score (nSPS) is 24.1. The Morgan fingerprint density at radius 3 is 2.44 bits per heavy atom. The Labute approximate surface area is 150 Å². The smallest absolute Gasteiger partial charge is 0.229 e. The number of fused-ring (bicyclic) bond motifs is 1. The maximum absolute atomic E-state index is 11.5. The molecule has 2 unspecified atom stereocenters. The molecule has 3 rings (SSSR count). The highest BCUT2D eigenvalue weighted by Gasteiger charge is 2.35. The number of rotatable bonds is 4. The molecule has 1 heterocycles. The third-order valence-corrected chi connectivity index (χ3v) is 5.83. The Kier molecular flexibility index (Phi) is 5.51. The molecule has 1 aliphatic heterocycles. The number of anilines is 1. The molecule has 1 aromatic rings. The summed E-state index contributed by atoms with van der Waals surface area (Å²) in [7, 11) is -1.48. The van der Waals surface area contributed by atoms with Gasteiger partial charge in [-0.25, -0.2) is 8.42 Å². The van der Waals surface area contributed by atoms with Crippen molar-refractivity contribution in [2.24, 2.45) is 16.8 Å². The monoisotopic (exact) mass is 364 g/mol. The zero-order valence-electron chi connectivity index (χ0n) is 15.0. The van der Waals surface area contributed by atoms with E-state index in [0.29, 0.717) is 12.2 Å². The van der Waals surface area contributed by atoms with Gasteiger partial charge in [0.05, 0.1) is 11.9 Å². The number of nitrogens with one attached hydrogen (secondary N) is 2. The van der Waals surface area contributed by atoms with E-state index in [0.717, 1.165) is 36.4 Å². The summed E-state index contributed by atoms with van der Waals surface area (Å²) in [4.78, 5) is 6.79. The second-order valence-electron chi connectivity index (χ2n) is 7.14. The molecule has 1 aliphatic carbocycles. The summed E-state index contributed by atoms with van der Waals surface area (Å²) in [6, 6.07) is 7.46. The van der Waals surface area contributed by atoms with E-state index in [1.807, 2.05) is 25.2 Å². The zero-order valence-corrected chi connectivity index (χ0v) is 15.8. The number of hydrogen-bond acceptors (Lipinski definition) is 3. The van der Waals surface area contributed by atoms with Crippen molar-refractivity contribution in [2.45, 2.75) is 32.2 Å². The van der Waals surface area contributed by atoms with Gasteiger partial charge in [-0.15, -0.1) is 0 Å². The van der Waals surface area contributed by atoms with Crippen LogP contribution in [0.1, 0.15) is 31.2 Å². The van der Waals surface area contributed by atoms with E-state index in [-0.39, 0.29) is 0 Å². The molecular formula is C18H28N4O2S. The summed E-state index contributed by atoms with van der Waals surface area (Å²) >= 11 is 0.